The first-order chi connectivity index (χ1) is 16.1. The highest BCUT2D eigenvalue weighted by atomic mass is 19.4. The predicted octanol–water partition coefficient (Wildman–Crippen LogP) is 3.62. The minimum Gasteiger partial charge on any atom is -0.390 e. The summed E-state index contributed by atoms with van der Waals surface area (Å²) in [7, 11) is 0. The first kappa shape index (κ1) is 23.4. The molecule has 34 heavy (non-hydrogen) atoms. The minimum atomic E-state index is -4.33. The summed E-state index contributed by atoms with van der Waals surface area (Å²) in [6.45, 7) is 4.90. The summed E-state index contributed by atoms with van der Waals surface area (Å²) in [5, 5.41) is 23.9. The number of piperazine rings is 1. The molecule has 2 N–H and O–H groups in total. The molecule has 5 fully saturated rings. The third-order valence-electron chi connectivity index (χ3n) is 8.54. The fraction of sp³-hybridized carbons (Fsp3) is 0.680. The molecular formula is C25H32F3N5O. The average molecular weight is 476 g/mol. The summed E-state index contributed by atoms with van der Waals surface area (Å²) in [4.78, 5) is 8.53. The lowest BCUT2D eigenvalue weighted by Crippen LogP contribution is -2.63. The van der Waals surface area contributed by atoms with Crippen LogP contribution in [0.3, 0.4) is 0 Å². The van der Waals surface area contributed by atoms with Gasteiger partial charge in [0.1, 0.15) is 5.84 Å². The number of hydrogen-bond donors (Lipinski definition) is 2. The number of hydrogen-bond acceptors (Lipinski definition) is 5. The molecule has 3 unspecified atom stereocenters. The van der Waals surface area contributed by atoms with Gasteiger partial charge in [0.2, 0.25) is 6.19 Å². The number of nitrogens with zero attached hydrogens (tertiary/aromatic N) is 4. The Bertz CT molecular complexity index is 948. The van der Waals surface area contributed by atoms with E-state index in [2.05, 4.69) is 27.0 Å². The van der Waals surface area contributed by atoms with Gasteiger partial charge in [-0.15, -0.1) is 0 Å². The van der Waals surface area contributed by atoms with Crippen molar-refractivity contribution < 1.29 is 18.3 Å². The second-order valence-electron chi connectivity index (χ2n) is 10.7. The van der Waals surface area contributed by atoms with E-state index in [0.717, 1.165) is 63.0 Å². The average Bonchev–Trinajstić information content (AvgIpc) is 2.79. The maximum absolute atomic E-state index is 12.9. The molecule has 1 aromatic rings. The van der Waals surface area contributed by atoms with Gasteiger partial charge in [0, 0.05) is 37.9 Å². The molecule has 1 heterocycles. The fourth-order valence-electron chi connectivity index (χ4n) is 7.09. The van der Waals surface area contributed by atoms with Crippen LogP contribution < -0.4 is 10.2 Å². The van der Waals surface area contributed by atoms with E-state index < -0.39 is 17.3 Å². The maximum atomic E-state index is 12.9. The molecule has 4 saturated carbocycles. The van der Waals surface area contributed by atoms with Crippen LogP contribution in [-0.2, 0) is 6.18 Å². The molecule has 3 atom stereocenters. The smallest absolute Gasteiger partial charge is 0.390 e. The molecule has 1 saturated heterocycles. The van der Waals surface area contributed by atoms with Crippen molar-refractivity contribution in [3.8, 4) is 6.19 Å². The maximum Gasteiger partial charge on any atom is 0.416 e. The molecule has 5 aliphatic rings. The quantitative estimate of drug-likeness (QED) is 0.395. The molecule has 6 nitrogen and oxygen atoms in total. The molecule has 4 bridgehead atoms. The van der Waals surface area contributed by atoms with Crippen LogP contribution in [0.4, 0.5) is 18.9 Å². The molecule has 0 radical (unpaired) electrons. The lowest BCUT2D eigenvalue weighted by molar-refractivity contribution is -0.137. The summed E-state index contributed by atoms with van der Waals surface area (Å²) < 4.78 is 38.6. The van der Waals surface area contributed by atoms with Crippen LogP contribution in [-0.4, -0.2) is 59.7 Å². The Labute approximate surface area is 198 Å². The van der Waals surface area contributed by atoms with Crippen molar-refractivity contribution in [1.82, 2.24) is 10.2 Å². The van der Waals surface area contributed by atoms with Crippen LogP contribution >= 0.6 is 0 Å². The van der Waals surface area contributed by atoms with E-state index in [4.69, 9.17) is 0 Å². The second-order valence-corrected chi connectivity index (χ2v) is 10.7. The highest BCUT2D eigenvalue weighted by Gasteiger charge is 2.55. The van der Waals surface area contributed by atoms with Crippen LogP contribution in [0.1, 0.15) is 44.6 Å². The number of benzene rings is 1. The topological polar surface area (TPSA) is 74.9 Å². The minimum absolute atomic E-state index is 0.0605. The van der Waals surface area contributed by atoms with Crippen LogP contribution in [0, 0.1) is 29.2 Å². The zero-order chi connectivity index (χ0) is 24.1. The van der Waals surface area contributed by atoms with Crippen molar-refractivity contribution in [3.05, 3.63) is 29.8 Å². The molecule has 6 rings (SSSR count). The van der Waals surface area contributed by atoms with E-state index in [9.17, 15) is 23.5 Å². The van der Waals surface area contributed by atoms with Crippen molar-refractivity contribution in [2.24, 2.45) is 22.7 Å². The number of anilines is 1. The second kappa shape index (κ2) is 8.72. The Hall–Kier alpha value is -2.31. The number of amidine groups is 1. The number of alkyl halides is 3. The van der Waals surface area contributed by atoms with Crippen LogP contribution in [0.5, 0.6) is 0 Å². The van der Waals surface area contributed by atoms with Crippen molar-refractivity contribution in [3.63, 3.8) is 0 Å². The van der Waals surface area contributed by atoms with Gasteiger partial charge in [-0.05, 0) is 81.0 Å². The first-order valence-corrected chi connectivity index (χ1v) is 12.3. The normalized spacial score (nSPS) is 34.7. The zero-order valence-electron chi connectivity index (χ0n) is 19.4. The Balaban J connectivity index is 1.20. The van der Waals surface area contributed by atoms with Gasteiger partial charge in [-0.2, -0.15) is 23.4 Å². The van der Waals surface area contributed by atoms with Crippen molar-refractivity contribution in [2.45, 2.75) is 62.9 Å². The number of nitrogens with one attached hydrogen (secondary N) is 1. The van der Waals surface area contributed by atoms with Crippen molar-refractivity contribution in [1.29, 1.82) is 5.26 Å². The third-order valence-corrected chi connectivity index (χ3v) is 8.54. The number of halogens is 3. The molecule has 184 valence electrons. The lowest BCUT2D eigenvalue weighted by Gasteiger charge is -2.58. The lowest BCUT2D eigenvalue weighted by atomic mass is 9.52. The molecule has 4 aliphatic carbocycles. The van der Waals surface area contributed by atoms with Crippen LogP contribution in [0.15, 0.2) is 29.3 Å². The van der Waals surface area contributed by atoms with Crippen molar-refractivity contribution in [2.75, 3.05) is 31.1 Å². The molecule has 0 amide bonds. The van der Waals surface area contributed by atoms with Gasteiger partial charge in [-0.25, -0.2) is 0 Å². The predicted molar refractivity (Wildman–Crippen MR) is 123 cm³/mol. The number of nitriles is 1. The number of aliphatic imine (C=N–C) groups is 1. The van der Waals surface area contributed by atoms with Gasteiger partial charge < -0.3 is 15.3 Å². The summed E-state index contributed by atoms with van der Waals surface area (Å²) in [6.07, 6.45) is 2.51. The summed E-state index contributed by atoms with van der Waals surface area (Å²) in [5.74, 6) is 2.15. The van der Waals surface area contributed by atoms with Crippen LogP contribution in [0.2, 0.25) is 0 Å². The van der Waals surface area contributed by atoms with Crippen LogP contribution in [0.25, 0.3) is 0 Å². The SMILES string of the molecule is CC(/C(=N\C#N)NC1C2CC3CC1CC(O)(C3)C2)N1CCN(c2ccc(C(F)(F)F)cc2)CC1. The molecular weight excluding hydrogens is 443 g/mol. The molecule has 0 spiro atoms. The number of aliphatic hydroxyl groups is 1. The Morgan fingerprint density at radius 2 is 1.74 bits per heavy atom. The summed E-state index contributed by atoms with van der Waals surface area (Å²) in [5.41, 5.74) is -0.346. The molecule has 0 aromatic heterocycles. The van der Waals surface area contributed by atoms with E-state index in [1.165, 1.54) is 12.1 Å². The van der Waals surface area contributed by atoms with E-state index >= 15 is 0 Å². The van der Waals surface area contributed by atoms with Gasteiger partial charge in [-0.3, -0.25) is 4.90 Å². The molecule has 1 aliphatic heterocycles. The molecule has 1 aromatic carbocycles. The molecule has 9 heteroatoms. The highest BCUT2D eigenvalue weighted by molar-refractivity contribution is 5.88. The number of rotatable bonds is 4. The van der Waals surface area contributed by atoms with E-state index in [1.54, 1.807) is 0 Å². The largest absolute Gasteiger partial charge is 0.416 e. The zero-order valence-corrected chi connectivity index (χ0v) is 19.4. The van der Waals surface area contributed by atoms with E-state index in [1.807, 2.05) is 6.19 Å². The monoisotopic (exact) mass is 475 g/mol. The van der Waals surface area contributed by atoms with Gasteiger partial charge in [0.05, 0.1) is 17.2 Å². The Morgan fingerprint density at radius 1 is 1.12 bits per heavy atom. The van der Waals surface area contributed by atoms with E-state index in [0.29, 0.717) is 36.7 Å². The Kier molecular flexibility index (Phi) is 6.01. The van der Waals surface area contributed by atoms with Crippen molar-refractivity contribution >= 4 is 11.5 Å². The third kappa shape index (κ3) is 4.50. The first-order valence-electron chi connectivity index (χ1n) is 12.3. The summed E-state index contributed by atoms with van der Waals surface area (Å²) >= 11 is 0. The van der Waals surface area contributed by atoms with Gasteiger partial charge in [-0.1, -0.05) is 0 Å². The summed E-state index contributed by atoms with van der Waals surface area (Å²) in [6, 6.07) is 5.52. The van der Waals surface area contributed by atoms with Gasteiger partial charge >= 0.3 is 6.18 Å². The van der Waals surface area contributed by atoms with Gasteiger partial charge in [0.25, 0.3) is 0 Å². The fourth-order valence-corrected chi connectivity index (χ4v) is 7.09. The van der Waals surface area contributed by atoms with E-state index in [-0.39, 0.29) is 12.1 Å². The Morgan fingerprint density at radius 3 is 2.26 bits per heavy atom. The highest BCUT2D eigenvalue weighted by Crippen LogP contribution is 2.55. The van der Waals surface area contributed by atoms with Gasteiger partial charge in [0.15, 0.2) is 0 Å². The standard InChI is InChI=1S/C25H32F3N5O/c1-16(32-6-8-33(9-7-32)21-4-2-20(3-5-21)25(26,27)28)23(30-15-29)31-22-18-10-17-11-19(22)14-24(34,12-17)13-18/h2-5,16-19,22,34H,6-14H2,1H3,(H,30,31).